The van der Waals surface area contributed by atoms with Gasteiger partial charge in [0.25, 0.3) is 0 Å². The van der Waals surface area contributed by atoms with E-state index in [1.807, 2.05) is 0 Å². The largest absolute Gasteiger partial charge is 0.598 e. The summed E-state index contributed by atoms with van der Waals surface area (Å²) in [5.41, 5.74) is 0. The van der Waals surface area contributed by atoms with Gasteiger partial charge in [0, 0.05) is 6.58 Å². The van der Waals surface area contributed by atoms with E-state index < -0.39 is 21.1 Å². The van der Waals surface area contributed by atoms with E-state index >= 15 is 0 Å². The van der Waals surface area contributed by atoms with Gasteiger partial charge < -0.3 is 0 Å². The first-order valence-electron chi connectivity index (χ1n) is 1.57. The summed E-state index contributed by atoms with van der Waals surface area (Å²) in [6.07, 6.45) is 0. The lowest BCUT2D eigenvalue weighted by molar-refractivity contribution is 0.501. The summed E-state index contributed by atoms with van der Waals surface area (Å²) in [6, 6.07) is 0. The highest BCUT2D eigenvalue weighted by atomic mass is 31.2. The van der Waals surface area contributed by atoms with Crippen molar-refractivity contribution in [3.05, 3.63) is 11.6 Å². The lowest BCUT2D eigenvalue weighted by Gasteiger charge is -1.58. The van der Waals surface area contributed by atoms with Crippen LogP contribution in [0.15, 0.2) is 11.6 Å². The normalized spacial score (nSPS) is 12.8. The van der Waals surface area contributed by atoms with Crippen LogP contribution in [0.4, 0.5) is 0 Å². The highest BCUT2D eigenvalue weighted by Crippen LogP contribution is 2.41. The molecule has 0 radical (unpaired) electrons. The fourth-order valence-electron chi connectivity index (χ4n) is 0.0732. The van der Waals surface area contributed by atoms with Gasteiger partial charge >= 0.3 is 21.1 Å². The minimum absolute atomic E-state index is 0.519. The van der Waals surface area contributed by atoms with E-state index in [2.05, 4.69) is 6.58 Å². The molecule has 0 bridgehead atoms. The van der Waals surface area contributed by atoms with Gasteiger partial charge in [-0.1, -0.05) is 0 Å². The van der Waals surface area contributed by atoms with E-state index in [1.165, 1.54) is 0 Å². The second-order valence-corrected chi connectivity index (χ2v) is 3.49. The molecule has 4 nitrogen and oxygen atoms in total. The molecule has 0 aliphatic carbocycles. The number of hydrogen-bond donors (Lipinski definition) is 2. The van der Waals surface area contributed by atoms with Crippen molar-refractivity contribution in [2.45, 2.75) is 0 Å². The molecule has 0 saturated heterocycles. The van der Waals surface area contributed by atoms with Crippen LogP contribution in [0.25, 0.3) is 0 Å². The highest BCUT2D eigenvalue weighted by Gasteiger charge is 2.38. The third kappa shape index (κ3) is 2.24. The molecule has 44 valence electrons. The molecule has 0 aliphatic rings. The molecule has 2 unspecified atom stereocenters. The second kappa shape index (κ2) is 3.00. The Balaban J connectivity index is 4.05. The SMILES string of the molecule is C=C([P+](=O)O)[P+](=O)O. The van der Waals surface area contributed by atoms with Gasteiger partial charge in [0.2, 0.25) is 0 Å². The Morgan fingerprint density at radius 3 is 1.50 bits per heavy atom. The van der Waals surface area contributed by atoms with Gasteiger partial charge in [-0.15, -0.1) is 0 Å². The van der Waals surface area contributed by atoms with Gasteiger partial charge in [0.15, 0.2) is 0 Å². The van der Waals surface area contributed by atoms with Crippen LogP contribution in [-0.2, 0) is 9.13 Å². The third-order valence-electron chi connectivity index (χ3n) is 0.442. The molecule has 0 amide bonds. The summed E-state index contributed by atoms with van der Waals surface area (Å²) in [5, 5.41) is -0.519. The molecule has 2 atom stereocenters. The minimum atomic E-state index is -2.68. The lowest BCUT2D eigenvalue weighted by Crippen LogP contribution is -1.60. The predicted octanol–water partition coefficient (Wildman–Crippen LogP) is 0.927. The van der Waals surface area contributed by atoms with Gasteiger partial charge in [0.05, 0.1) is 0 Å². The maximum absolute atomic E-state index is 9.85. The Bertz CT molecular complexity index is 134. The summed E-state index contributed by atoms with van der Waals surface area (Å²) >= 11 is 0. The Morgan fingerprint density at radius 1 is 1.25 bits per heavy atom. The van der Waals surface area contributed by atoms with Crippen molar-refractivity contribution in [1.29, 1.82) is 0 Å². The fraction of sp³-hybridized carbons (Fsp3) is 0. The molecule has 8 heavy (non-hydrogen) atoms. The van der Waals surface area contributed by atoms with E-state index in [1.54, 1.807) is 0 Å². The predicted molar refractivity (Wildman–Crippen MR) is 28.8 cm³/mol. The summed E-state index contributed by atoms with van der Waals surface area (Å²) in [5.74, 6) is 0. The van der Waals surface area contributed by atoms with Crippen molar-refractivity contribution in [3.8, 4) is 0 Å². The Labute approximate surface area is 47.6 Å². The van der Waals surface area contributed by atoms with Crippen molar-refractivity contribution in [1.82, 2.24) is 0 Å². The van der Waals surface area contributed by atoms with Crippen LogP contribution >= 0.6 is 16.1 Å². The van der Waals surface area contributed by atoms with Crippen LogP contribution < -0.4 is 0 Å². The summed E-state index contributed by atoms with van der Waals surface area (Å²) < 4.78 is 19.7. The Morgan fingerprint density at radius 2 is 1.50 bits per heavy atom. The summed E-state index contributed by atoms with van der Waals surface area (Å²) in [6.45, 7) is 2.89. The van der Waals surface area contributed by atoms with Crippen LogP contribution in [0, 0.1) is 0 Å². The standard InChI is InChI=1S/C2H2O4P2/c1-2(7(3)4)8(5)6/h1H2/p+2. The molecular formula is C2H4O4P2+2. The zero-order chi connectivity index (χ0) is 6.73. The maximum Gasteiger partial charge on any atom is 0.598 e. The van der Waals surface area contributed by atoms with Crippen molar-refractivity contribution < 1.29 is 18.9 Å². The van der Waals surface area contributed by atoms with E-state index in [9.17, 15) is 9.13 Å². The number of hydrogen-bond acceptors (Lipinski definition) is 2. The molecular weight excluding hydrogens is 150 g/mol. The van der Waals surface area contributed by atoms with Crippen LogP contribution in [0.1, 0.15) is 0 Å². The summed E-state index contributed by atoms with van der Waals surface area (Å²) in [7, 11) is -5.36. The highest BCUT2D eigenvalue weighted by molar-refractivity contribution is 7.64. The molecule has 0 aliphatic heterocycles. The van der Waals surface area contributed by atoms with Crippen molar-refractivity contribution in [2.75, 3.05) is 0 Å². The van der Waals surface area contributed by atoms with Crippen LogP contribution in [-0.4, -0.2) is 9.79 Å². The molecule has 0 spiro atoms. The molecule has 0 heterocycles. The van der Waals surface area contributed by atoms with Gasteiger partial charge in [-0.2, -0.15) is 9.79 Å². The fourth-order valence-corrected chi connectivity index (χ4v) is 0.659. The zero-order valence-electron chi connectivity index (χ0n) is 3.81. The first-order valence-corrected chi connectivity index (χ1v) is 3.99. The quantitative estimate of drug-likeness (QED) is 0.580. The second-order valence-electron chi connectivity index (χ2n) is 0.962. The van der Waals surface area contributed by atoms with E-state index in [-0.39, 0.29) is 0 Å². The average molecular weight is 154 g/mol. The monoisotopic (exact) mass is 154 g/mol. The lowest BCUT2D eigenvalue weighted by atomic mass is 11.3. The van der Waals surface area contributed by atoms with Crippen LogP contribution in [0.3, 0.4) is 0 Å². The molecule has 0 aromatic heterocycles. The first-order chi connectivity index (χ1) is 3.55. The summed E-state index contributed by atoms with van der Waals surface area (Å²) in [4.78, 5) is 16.1. The third-order valence-corrected chi connectivity index (χ3v) is 2.35. The van der Waals surface area contributed by atoms with Crippen molar-refractivity contribution in [2.24, 2.45) is 0 Å². The molecule has 0 fully saturated rings. The van der Waals surface area contributed by atoms with E-state index in [0.717, 1.165) is 0 Å². The Kier molecular flexibility index (Phi) is 2.95. The molecule has 0 aromatic carbocycles. The molecule has 0 rings (SSSR count). The van der Waals surface area contributed by atoms with Gasteiger partial charge in [0.1, 0.15) is 0 Å². The van der Waals surface area contributed by atoms with Crippen molar-refractivity contribution in [3.63, 3.8) is 0 Å². The van der Waals surface area contributed by atoms with E-state index in [0.29, 0.717) is 0 Å². The molecule has 2 N–H and O–H groups in total. The Hall–Kier alpha value is -0.140. The van der Waals surface area contributed by atoms with Gasteiger partial charge in [-0.05, 0) is 9.13 Å². The first kappa shape index (κ1) is 7.86. The average Bonchev–Trinajstić information content (AvgIpc) is 1.64. The van der Waals surface area contributed by atoms with Gasteiger partial charge in [-0.3, -0.25) is 0 Å². The maximum atomic E-state index is 9.85. The van der Waals surface area contributed by atoms with Crippen LogP contribution in [0.5, 0.6) is 0 Å². The minimum Gasteiger partial charge on any atom is -0.153 e. The van der Waals surface area contributed by atoms with Crippen molar-refractivity contribution >= 4 is 16.1 Å². The molecule has 6 heteroatoms. The van der Waals surface area contributed by atoms with Crippen LogP contribution in [0.2, 0.25) is 0 Å². The topological polar surface area (TPSA) is 74.6 Å². The molecule has 0 aromatic rings. The molecule has 0 saturated carbocycles. The van der Waals surface area contributed by atoms with E-state index in [4.69, 9.17) is 9.79 Å². The zero-order valence-corrected chi connectivity index (χ0v) is 5.60. The smallest absolute Gasteiger partial charge is 0.153 e. The van der Waals surface area contributed by atoms with Gasteiger partial charge in [-0.25, -0.2) is 0 Å². The number of rotatable bonds is 2.